The molecule has 4 nitrogen and oxygen atoms in total. The minimum Gasteiger partial charge on any atom is -0.509 e. The molecule has 0 atom stereocenters. The summed E-state index contributed by atoms with van der Waals surface area (Å²) in [6, 6.07) is 2.11. The Kier molecular flexibility index (Phi) is 3.96. The number of amides is 1. The summed E-state index contributed by atoms with van der Waals surface area (Å²) in [6.07, 6.45) is 5.51. The third-order valence-electron chi connectivity index (χ3n) is 7.08. The molecule has 1 aromatic carbocycles. The van der Waals surface area contributed by atoms with Crippen LogP contribution in [0.3, 0.4) is 0 Å². The molecule has 0 unspecified atom stereocenters. The van der Waals surface area contributed by atoms with E-state index in [0.717, 1.165) is 61.8 Å². The van der Waals surface area contributed by atoms with Crippen molar-refractivity contribution in [1.29, 1.82) is 0 Å². The van der Waals surface area contributed by atoms with Crippen molar-refractivity contribution in [1.82, 2.24) is 5.32 Å². The van der Waals surface area contributed by atoms with Gasteiger partial charge in [0, 0.05) is 6.61 Å². The Hall–Kier alpha value is -1.81. The monoisotopic (exact) mass is 355 g/mol. The Balaban J connectivity index is 1.74. The second-order valence-electron chi connectivity index (χ2n) is 8.53. The summed E-state index contributed by atoms with van der Waals surface area (Å²) < 4.78 is 6.01. The third kappa shape index (κ3) is 2.42. The summed E-state index contributed by atoms with van der Waals surface area (Å²) in [5.74, 6) is 0.102. The highest BCUT2D eigenvalue weighted by Gasteiger charge is 2.52. The van der Waals surface area contributed by atoms with Gasteiger partial charge in [0.15, 0.2) is 0 Å². The van der Waals surface area contributed by atoms with E-state index in [2.05, 4.69) is 25.2 Å². The van der Waals surface area contributed by atoms with Crippen LogP contribution < -0.4 is 5.32 Å². The standard InChI is InChI=1S/C22H29NO3/c1-13-12-14(2)17(16(4)15(13)3)18-19(24)22(23-20(18)25)9-7-21(8-10-22)6-5-11-26-21/h12,24H,5-11H2,1-4H3,(H,23,25). The van der Waals surface area contributed by atoms with Crippen LogP contribution in [0.4, 0.5) is 0 Å². The lowest BCUT2D eigenvalue weighted by molar-refractivity contribution is -0.117. The van der Waals surface area contributed by atoms with Crippen molar-refractivity contribution < 1.29 is 14.6 Å². The normalized spacial score (nSPS) is 31.3. The van der Waals surface area contributed by atoms with E-state index in [1.54, 1.807) is 0 Å². The quantitative estimate of drug-likeness (QED) is 0.794. The number of hydrogen-bond donors (Lipinski definition) is 2. The van der Waals surface area contributed by atoms with Crippen molar-refractivity contribution in [2.75, 3.05) is 6.61 Å². The Morgan fingerprint density at radius 1 is 1.00 bits per heavy atom. The first-order chi connectivity index (χ1) is 12.3. The zero-order valence-electron chi connectivity index (χ0n) is 16.3. The number of aliphatic hydroxyl groups is 1. The lowest BCUT2D eigenvalue weighted by atomic mass is 9.72. The number of carbonyl (C=O) groups excluding carboxylic acids is 1. The van der Waals surface area contributed by atoms with E-state index in [1.807, 2.05) is 13.8 Å². The molecule has 3 aliphatic rings. The second-order valence-corrected chi connectivity index (χ2v) is 8.53. The highest BCUT2D eigenvalue weighted by molar-refractivity contribution is 6.24. The van der Waals surface area contributed by atoms with Crippen molar-refractivity contribution in [2.45, 2.75) is 77.4 Å². The van der Waals surface area contributed by atoms with Crippen LogP contribution in [0.15, 0.2) is 11.8 Å². The van der Waals surface area contributed by atoms with Crippen LogP contribution in [-0.2, 0) is 9.53 Å². The first-order valence-corrected chi connectivity index (χ1v) is 9.77. The van der Waals surface area contributed by atoms with Gasteiger partial charge in [-0.2, -0.15) is 0 Å². The zero-order valence-corrected chi connectivity index (χ0v) is 16.3. The number of carbonyl (C=O) groups is 1. The molecule has 140 valence electrons. The number of rotatable bonds is 1. The predicted octanol–water partition coefficient (Wildman–Crippen LogP) is 4.18. The van der Waals surface area contributed by atoms with E-state index in [-0.39, 0.29) is 17.3 Å². The smallest absolute Gasteiger partial charge is 0.256 e. The Bertz CT molecular complexity index is 805. The molecule has 4 heteroatoms. The van der Waals surface area contributed by atoms with E-state index in [1.165, 1.54) is 11.1 Å². The minimum atomic E-state index is -0.610. The Morgan fingerprint density at radius 2 is 1.69 bits per heavy atom. The van der Waals surface area contributed by atoms with Crippen LogP contribution >= 0.6 is 0 Å². The molecule has 1 saturated heterocycles. The predicted molar refractivity (Wildman–Crippen MR) is 102 cm³/mol. The fourth-order valence-electron chi connectivity index (χ4n) is 5.23. The Labute approximate surface area is 155 Å². The molecular weight excluding hydrogens is 326 g/mol. The molecule has 2 fully saturated rings. The molecule has 2 heterocycles. The van der Waals surface area contributed by atoms with Crippen LogP contribution in [0.2, 0.25) is 0 Å². The molecule has 4 rings (SSSR count). The summed E-state index contributed by atoms with van der Waals surface area (Å²) in [4.78, 5) is 12.9. The second kappa shape index (κ2) is 5.85. The van der Waals surface area contributed by atoms with Gasteiger partial charge in [-0.3, -0.25) is 4.79 Å². The Morgan fingerprint density at radius 3 is 2.31 bits per heavy atom. The largest absolute Gasteiger partial charge is 0.509 e. The van der Waals surface area contributed by atoms with Crippen molar-refractivity contribution in [3.05, 3.63) is 39.6 Å². The molecule has 2 spiro atoms. The lowest BCUT2D eigenvalue weighted by Crippen LogP contribution is -2.51. The first-order valence-electron chi connectivity index (χ1n) is 9.77. The molecule has 0 aromatic heterocycles. The average molecular weight is 355 g/mol. The maximum Gasteiger partial charge on any atom is 0.256 e. The summed E-state index contributed by atoms with van der Waals surface area (Å²) >= 11 is 0. The van der Waals surface area contributed by atoms with Gasteiger partial charge in [-0.05, 0) is 94.0 Å². The molecule has 1 saturated carbocycles. The summed E-state index contributed by atoms with van der Waals surface area (Å²) in [5, 5.41) is 14.3. The molecular formula is C22H29NO3. The summed E-state index contributed by atoms with van der Waals surface area (Å²) in [6.45, 7) is 9.08. The SMILES string of the molecule is Cc1cc(C)c(C2=C(O)C3(CCC4(CCCO4)CC3)NC2=O)c(C)c1C. The van der Waals surface area contributed by atoms with E-state index in [0.29, 0.717) is 5.57 Å². The van der Waals surface area contributed by atoms with Gasteiger partial charge in [0.1, 0.15) is 5.76 Å². The fourth-order valence-corrected chi connectivity index (χ4v) is 5.23. The molecule has 2 N–H and O–H groups in total. The van der Waals surface area contributed by atoms with Gasteiger partial charge in [-0.25, -0.2) is 0 Å². The van der Waals surface area contributed by atoms with Crippen LogP contribution in [0.1, 0.15) is 66.3 Å². The molecule has 1 aliphatic carbocycles. The third-order valence-corrected chi connectivity index (χ3v) is 7.08. The topological polar surface area (TPSA) is 58.6 Å². The van der Waals surface area contributed by atoms with E-state index in [9.17, 15) is 9.90 Å². The molecule has 26 heavy (non-hydrogen) atoms. The van der Waals surface area contributed by atoms with Gasteiger partial charge >= 0.3 is 0 Å². The zero-order chi connectivity index (χ0) is 18.7. The highest BCUT2D eigenvalue weighted by atomic mass is 16.5. The van der Waals surface area contributed by atoms with Crippen molar-refractivity contribution in [3.8, 4) is 0 Å². The molecule has 2 aliphatic heterocycles. The van der Waals surface area contributed by atoms with Crippen LogP contribution in [-0.4, -0.2) is 28.8 Å². The number of aliphatic hydroxyl groups excluding tert-OH is 1. The van der Waals surface area contributed by atoms with Gasteiger partial charge in [-0.15, -0.1) is 0 Å². The molecule has 1 amide bonds. The van der Waals surface area contributed by atoms with Crippen molar-refractivity contribution >= 4 is 11.5 Å². The number of aryl methyl sites for hydroxylation is 2. The summed E-state index contributed by atoms with van der Waals surface area (Å²) in [7, 11) is 0. The van der Waals surface area contributed by atoms with Crippen LogP contribution in [0.25, 0.3) is 5.57 Å². The number of hydrogen-bond acceptors (Lipinski definition) is 3. The first kappa shape index (κ1) is 17.6. The van der Waals surface area contributed by atoms with E-state index >= 15 is 0 Å². The molecule has 1 aromatic rings. The summed E-state index contributed by atoms with van der Waals surface area (Å²) in [5.41, 5.74) is 5.28. The van der Waals surface area contributed by atoms with Gasteiger partial charge in [0.25, 0.3) is 5.91 Å². The lowest BCUT2D eigenvalue weighted by Gasteiger charge is -2.42. The fraction of sp³-hybridized carbons (Fsp3) is 0.591. The number of nitrogens with one attached hydrogen (secondary N) is 1. The van der Waals surface area contributed by atoms with Crippen molar-refractivity contribution in [3.63, 3.8) is 0 Å². The maximum atomic E-state index is 12.9. The van der Waals surface area contributed by atoms with Crippen molar-refractivity contribution in [2.24, 2.45) is 0 Å². The molecule has 0 radical (unpaired) electrons. The van der Waals surface area contributed by atoms with Gasteiger partial charge in [-0.1, -0.05) is 6.07 Å². The number of ether oxygens (including phenoxy) is 1. The van der Waals surface area contributed by atoms with Crippen LogP contribution in [0.5, 0.6) is 0 Å². The van der Waals surface area contributed by atoms with E-state index < -0.39 is 5.54 Å². The average Bonchev–Trinajstić information content (AvgIpc) is 3.15. The van der Waals surface area contributed by atoms with Gasteiger partial charge < -0.3 is 15.2 Å². The van der Waals surface area contributed by atoms with Gasteiger partial charge in [0.2, 0.25) is 0 Å². The van der Waals surface area contributed by atoms with E-state index in [4.69, 9.17) is 4.74 Å². The highest BCUT2D eigenvalue weighted by Crippen LogP contribution is 2.48. The van der Waals surface area contributed by atoms with Gasteiger partial charge in [0.05, 0.1) is 16.7 Å². The minimum absolute atomic E-state index is 0.0225. The number of benzene rings is 1. The molecule has 0 bridgehead atoms. The maximum absolute atomic E-state index is 12.9. The van der Waals surface area contributed by atoms with Crippen LogP contribution in [0, 0.1) is 27.7 Å².